The number of hydrogen-bond donors (Lipinski definition) is 4. The summed E-state index contributed by atoms with van der Waals surface area (Å²) in [5.74, 6) is 1.17. The zero-order valence-corrected chi connectivity index (χ0v) is 21.9. The zero-order valence-electron chi connectivity index (χ0n) is 21.9. The minimum Gasteiger partial charge on any atom is -0.508 e. The van der Waals surface area contributed by atoms with E-state index in [1.165, 1.54) is 6.07 Å². The number of aromatic hydroxyl groups is 3. The van der Waals surface area contributed by atoms with Crippen LogP contribution in [0.3, 0.4) is 0 Å². The van der Waals surface area contributed by atoms with E-state index in [1.54, 1.807) is 18.2 Å². The van der Waals surface area contributed by atoms with Crippen molar-refractivity contribution in [3.8, 4) is 17.2 Å². The summed E-state index contributed by atoms with van der Waals surface area (Å²) in [4.78, 5) is 6.68. The van der Waals surface area contributed by atoms with Gasteiger partial charge in [-0.05, 0) is 66.4 Å². The number of amidine groups is 1. The van der Waals surface area contributed by atoms with E-state index >= 15 is 0 Å². The molecule has 194 valence electrons. The molecular weight excluding hydrogens is 454 g/mol. The number of rotatable bonds is 4. The number of nitrogens with two attached hydrogens (primary N) is 1. The number of phenolic OH excluding ortho intramolecular Hbond substituents is 3. The third-order valence-corrected chi connectivity index (χ3v) is 5.58. The summed E-state index contributed by atoms with van der Waals surface area (Å²) in [5.41, 5.74) is 10.3. The molecule has 0 aromatic heterocycles. The van der Waals surface area contributed by atoms with Crippen molar-refractivity contribution >= 4 is 17.2 Å². The summed E-state index contributed by atoms with van der Waals surface area (Å²) in [6.07, 6.45) is 0. The van der Waals surface area contributed by atoms with Gasteiger partial charge >= 0.3 is 0 Å². The van der Waals surface area contributed by atoms with Gasteiger partial charge in [-0.25, -0.2) is 4.99 Å². The van der Waals surface area contributed by atoms with E-state index in [9.17, 15) is 15.3 Å². The summed E-state index contributed by atoms with van der Waals surface area (Å²) in [5, 5.41) is 28.2. The molecule has 0 amide bonds. The van der Waals surface area contributed by atoms with Crippen LogP contribution in [0.5, 0.6) is 17.2 Å². The monoisotopic (exact) mass is 493 g/mol. The van der Waals surface area contributed by atoms with Crippen LogP contribution in [0, 0.1) is 6.92 Å². The Morgan fingerprint density at radius 3 is 2.14 bits per heavy atom. The number of aryl methyl sites for hydroxylation is 1. The molecule has 0 atom stereocenters. The number of hydrogen-bond acceptors (Lipinski definition) is 6. The van der Waals surface area contributed by atoms with Gasteiger partial charge in [0.1, 0.15) is 23.1 Å². The molecule has 1 fully saturated rings. The van der Waals surface area contributed by atoms with Gasteiger partial charge in [0.2, 0.25) is 0 Å². The van der Waals surface area contributed by atoms with E-state index in [-0.39, 0.29) is 23.2 Å². The maximum absolute atomic E-state index is 9.48. The van der Waals surface area contributed by atoms with Gasteiger partial charge in [0.15, 0.2) is 0 Å². The van der Waals surface area contributed by atoms with Crippen LogP contribution in [-0.2, 0) is 4.74 Å². The maximum Gasteiger partial charge on any atom is 0.131 e. The lowest BCUT2D eigenvalue weighted by Crippen LogP contribution is -2.36. The minimum absolute atomic E-state index is 0.150. The van der Waals surface area contributed by atoms with E-state index in [0.717, 1.165) is 48.8 Å². The summed E-state index contributed by atoms with van der Waals surface area (Å²) in [6.45, 7) is 13.2. The molecule has 1 saturated heterocycles. The number of ether oxygens (including phenoxy) is 1. The van der Waals surface area contributed by atoms with Crippen LogP contribution in [0.25, 0.3) is 0 Å². The molecule has 5 N–H and O–H groups in total. The van der Waals surface area contributed by atoms with E-state index in [0.29, 0.717) is 11.4 Å². The largest absolute Gasteiger partial charge is 0.508 e. The Labute approximate surface area is 214 Å². The number of morpholine rings is 1. The van der Waals surface area contributed by atoms with Crippen molar-refractivity contribution in [3.05, 3.63) is 77.4 Å². The highest BCUT2D eigenvalue weighted by atomic mass is 16.5. The Hall–Kier alpha value is -3.71. The number of aliphatic imine (C=N–C) groups is 1. The van der Waals surface area contributed by atoms with Crippen LogP contribution < -0.4 is 10.6 Å². The highest BCUT2D eigenvalue weighted by Gasteiger charge is 2.11. The Kier molecular flexibility index (Phi) is 11.1. The van der Waals surface area contributed by atoms with Crippen LogP contribution >= 0.6 is 0 Å². The van der Waals surface area contributed by atoms with E-state index in [2.05, 4.69) is 9.89 Å². The Morgan fingerprint density at radius 1 is 0.917 bits per heavy atom. The third kappa shape index (κ3) is 8.20. The summed E-state index contributed by atoms with van der Waals surface area (Å²) >= 11 is 0. The fraction of sp³-hybridized carbons (Fsp3) is 0.345. The smallest absolute Gasteiger partial charge is 0.131 e. The van der Waals surface area contributed by atoms with Crippen molar-refractivity contribution in [2.45, 2.75) is 40.5 Å². The second-order valence-corrected chi connectivity index (χ2v) is 8.52. The minimum atomic E-state index is 0.150. The Balaban J connectivity index is 0.000000277. The Bertz CT molecular complexity index is 1120. The SMILES string of the molecule is CC.Cc1cc(C(C)C)c(O)cc1O.NC(=Nc1ccc(N2CCOCC2)cc1)c1cccc(O)c1. The highest BCUT2D eigenvalue weighted by Crippen LogP contribution is 2.31. The maximum atomic E-state index is 9.48. The number of benzene rings is 3. The molecule has 3 aromatic rings. The van der Waals surface area contributed by atoms with Crippen molar-refractivity contribution in [2.24, 2.45) is 10.7 Å². The van der Waals surface area contributed by atoms with Crippen LogP contribution in [-0.4, -0.2) is 47.5 Å². The lowest BCUT2D eigenvalue weighted by molar-refractivity contribution is 0.122. The molecule has 0 saturated carbocycles. The summed E-state index contributed by atoms with van der Waals surface area (Å²) in [6, 6.07) is 17.9. The first-order chi connectivity index (χ1) is 17.2. The van der Waals surface area contributed by atoms with Crippen molar-refractivity contribution in [2.75, 3.05) is 31.2 Å². The van der Waals surface area contributed by atoms with Crippen LogP contribution in [0.15, 0.2) is 65.7 Å². The van der Waals surface area contributed by atoms with E-state index in [4.69, 9.17) is 10.5 Å². The van der Waals surface area contributed by atoms with Crippen LogP contribution in [0.2, 0.25) is 0 Å². The van der Waals surface area contributed by atoms with Gasteiger partial charge in [0, 0.05) is 30.4 Å². The second-order valence-electron chi connectivity index (χ2n) is 8.52. The number of phenols is 3. The molecule has 1 aliphatic rings. The van der Waals surface area contributed by atoms with Gasteiger partial charge in [-0.2, -0.15) is 0 Å². The lowest BCUT2D eigenvalue weighted by atomic mass is 9.99. The molecule has 1 heterocycles. The van der Waals surface area contributed by atoms with E-state index in [1.807, 2.05) is 71.0 Å². The molecule has 7 heteroatoms. The van der Waals surface area contributed by atoms with Crippen molar-refractivity contribution in [3.63, 3.8) is 0 Å². The van der Waals surface area contributed by atoms with Gasteiger partial charge in [-0.3, -0.25) is 0 Å². The predicted molar refractivity (Wildman–Crippen MR) is 148 cm³/mol. The van der Waals surface area contributed by atoms with Gasteiger partial charge in [0.05, 0.1) is 18.9 Å². The second kappa shape index (κ2) is 14.0. The molecule has 7 nitrogen and oxygen atoms in total. The highest BCUT2D eigenvalue weighted by molar-refractivity contribution is 5.99. The van der Waals surface area contributed by atoms with Gasteiger partial charge in [-0.15, -0.1) is 0 Å². The molecule has 0 aliphatic carbocycles. The zero-order chi connectivity index (χ0) is 26.7. The van der Waals surface area contributed by atoms with Crippen molar-refractivity contribution in [1.82, 2.24) is 0 Å². The van der Waals surface area contributed by atoms with Gasteiger partial charge < -0.3 is 30.7 Å². The van der Waals surface area contributed by atoms with Crippen molar-refractivity contribution in [1.29, 1.82) is 0 Å². The van der Waals surface area contributed by atoms with E-state index < -0.39 is 0 Å². The average Bonchev–Trinajstić information content (AvgIpc) is 2.88. The number of nitrogens with zero attached hydrogens (tertiary/aromatic N) is 2. The third-order valence-electron chi connectivity index (χ3n) is 5.58. The van der Waals surface area contributed by atoms with Crippen LogP contribution in [0.4, 0.5) is 11.4 Å². The van der Waals surface area contributed by atoms with Gasteiger partial charge in [-0.1, -0.05) is 39.8 Å². The molecule has 36 heavy (non-hydrogen) atoms. The normalized spacial score (nSPS) is 13.4. The van der Waals surface area contributed by atoms with Gasteiger partial charge in [0.25, 0.3) is 0 Å². The topological polar surface area (TPSA) is 112 Å². The molecule has 3 aromatic carbocycles. The molecule has 0 spiro atoms. The first kappa shape index (κ1) is 28.5. The molecule has 0 unspecified atom stereocenters. The fourth-order valence-electron chi connectivity index (χ4n) is 3.60. The van der Waals surface area contributed by atoms with Crippen molar-refractivity contribution < 1.29 is 20.1 Å². The lowest BCUT2D eigenvalue weighted by Gasteiger charge is -2.28. The first-order valence-corrected chi connectivity index (χ1v) is 12.3. The standard InChI is InChI=1S/C17H19N3O2.C10H14O2.C2H6/c18-17(13-2-1-3-16(21)12-13)19-14-4-6-15(7-5-14)20-8-10-22-11-9-20;1-6(2)8-4-7(3)9(11)5-10(8)12;1-2/h1-7,12,21H,8-11H2,(H2,18,19);4-6,11-12H,1-3H3;1-2H3. The Morgan fingerprint density at radius 2 is 1.56 bits per heavy atom. The number of anilines is 1. The van der Waals surface area contributed by atoms with Crippen LogP contribution in [0.1, 0.15) is 50.3 Å². The molecule has 0 bridgehead atoms. The molecule has 4 rings (SSSR count). The molecular formula is C29H39N3O4. The predicted octanol–water partition coefficient (Wildman–Crippen LogP) is 5.82. The quantitative estimate of drug-likeness (QED) is 0.269. The fourth-order valence-corrected chi connectivity index (χ4v) is 3.60. The molecule has 0 radical (unpaired) electrons. The molecule has 1 aliphatic heterocycles. The summed E-state index contributed by atoms with van der Waals surface area (Å²) < 4.78 is 5.36. The summed E-state index contributed by atoms with van der Waals surface area (Å²) in [7, 11) is 0. The first-order valence-electron chi connectivity index (χ1n) is 12.3. The average molecular weight is 494 g/mol.